The van der Waals surface area contributed by atoms with Crippen LogP contribution in [0.3, 0.4) is 0 Å². The molecule has 0 saturated heterocycles. The molecule has 0 heterocycles. The van der Waals surface area contributed by atoms with Crippen LogP contribution in [0.5, 0.6) is 0 Å². The number of ether oxygens (including phenoxy) is 3. The van der Waals surface area contributed by atoms with E-state index in [-0.39, 0.29) is 29.1 Å². The highest BCUT2D eigenvalue weighted by Crippen LogP contribution is 2.22. The zero-order valence-electron chi connectivity index (χ0n) is 20.8. The second kappa shape index (κ2) is 11.2. The molecular formula is C22H45NO6S. The fourth-order valence-corrected chi connectivity index (χ4v) is 4.42. The number of methoxy groups -OCH3 is 1. The molecule has 180 valence electrons. The first-order valence-electron chi connectivity index (χ1n) is 10.5. The number of amides is 1. The molecule has 0 fully saturated rings. The van der Waals surface area contributed by atoms with Crippen LogP contribution in [0.2, 0.25) is 0 Å². The Hall–Kier alpha value is -0.700. The summed E-state index contributed by atoms with van der Waals surface area (Å²) < 4.78 is 40.1. The Labute approximate surface area is 184 Å². The van der Waals surface area contributed by atoms with E-state index in [2.05, 4.69) is 5.32 Å². The van der Waals surface area contributed by atoms with Crippen molar-refractivity contribution in [3.63, 3.8) is 0 Å². The Bertz CT molecular complexity index is 638. The summed E-state index contributed by atoms with van der Waals surface area (Å²) in [5.41, 5.74) is -1.54. The minimum absolute atomic E-state index is 0.0727. The largest absolute Gasteiger partial charge is 0.380 e. The van der Waals surface area contributed by atoms with Gasteiger partial charge in [0.1, 0.15) is 9.84 Å². The van der Waals surface area contributed by atoms with Crippen LogP contribution >= 0.6 is 0 Å². The third-order valence-corrected chi connectivity index (χ3v) is 6.04. The van der Waals surface area contributed by atoms with Crippen LogP contribution in [0, 0.1) is 10.8 Å². The highest BCUT2D eigenvalue weighted by Gasteiger charge is 2.28. The molecule has 0 bridgehead atoms. The topological polar surface area (TPSA) is 90.9 Å². The quantitative estimate of drug-likeness (QED) is 0.411. The van der Waals surface area contributed by atoms with Gasteiger partial charge in [0, 0.05) is 30.7 Å². The highest BCUT2D eigenvalue weighted by atomic mass is 32.2. The predicted molar refractivity (Wildman–Crippen MR) is 121 cm³/mol. The van der Waals surface area contributed by atoms with Crippen molar-refractivity contribution in [2.75, 3.05) is 45.5 Å². The summed E-state index contributed by atoms with van der Waals surface area (Å²) in [6, 6.07) is 0. The van der Waals surface area contributed by atoms with Gasteiger partial charge in [0.25, 0.3) is 0 Å². The second-order valence-electron chi connectivity index (χ2n) is 11.2. The summed E-state index contributed by atoms with van der Waals surface area (Å²) in [6.07, 6.45) is 2.24. The van der Waals surface area contributed by atoms with Gasteiger partial charge in [-0.05, 0) is 34.1 Å². The molecule has 8 heteroatoms. The van der Waals surface area contributed by atoms with E-state index < -0.39 is 20.9 Å². The van der Waals surface area contributed by atoms with Crippen LogP contribution in [-0.2, 0) is 28.8 Å². The number of carbonyl (C=O) groups excluding carboxylic acids is 1. The Morgan fingerprint density at radius 2 is 1.43 bits per heavy atom. The van der Waals surface area contributed by atoms with Crippen molar-refractivity contribution in [2.24, 2.45) is 10.8 Å². The lowest BCUT2D eigenvalue weighted by atomic mass is 9.93. The van der Waals surface area contributed by atoms with Crippen molar-refractivity contribution in [3.8, 4) is 0 Å². The van der Waals surface area contributed by atoms with E-state index in [1.807, 2.05) is 55.4 Å². The Balaban J connectivity index is 4.37. The summed E-state index contributed by atoms with van der Waals surface area (Å²) in [4.78, 5) is 12.4. The molecule has 0 aromatic rings. The van der Waals surface area contributed by atoms with Gasteiger partial charge in [0.2, 0.25) is 5.91 Å². The van der Waals surface area contributed by atoms with Gasteiger partial charge in [-0.3, -0.25) is 4.79 Å². The van der Waals surface area contributed by atoms with Crippen LogP contribution in [0.1, 0.15) is 68.2 Å². The van der Waals surface area contributed by atoms with E-state index in [1.165, 1.54) is 6.26 Å². The van der Waals surface area contributed by atoms with Crippen molar-refractivity contribution in [1.29, 1.82) is 0 Å². The third kappa shape index (κ3) is 15.2. The van der Waals surface area contributed by atoms with Gasteiger partial charge in [0.15, 0.2) is 0 Å². The Morgan fingerprint density at radius 3 is 1.93 bits per heavy atom. The molecule has 0 saturated carbocycles. The molecule has 1 amide bonds. The van der Waals surface area contributed by atoms with Gasteiger partial charge < -0.3 is 19.5 Å². The van der Waals surface area contributed by atoms with Crippen molar-refractivity contribution >= 4 is 15.7 Å². The lowest BCUT2D eigenvalue weighted by Gasteiger charge is -2.30. The SMILES string of the molecule is COC(C)(C)CCOC(C)(C)CC(=O)NCC(C)(C)COCC(C)(C)CS(C)(=O)=O. The van der Waals surface area contributed by atoms with Gasteiger partial charge in [-0.2, -0.15) is 0 Å². The van der Waals surface area contributed by atoms with E-state index >= 15 is 0 Å². The van der Waals surface area contributed by atoms with E-state index in [1.54, 1.807) is 7.11 Å². The van der Waals surface area contributed by atoms with E-state index in [0.29, 0.717) is 26.4 Å². The summed E-state index contributed by atoms with van der Waals surface area (Å²) in [7, 11) is -1.38. The van der Waals surface area contributed by atoms with Crippen LogP contribution in [-0.4, -0.2) is 71.0 Å². The van der Waals surface area contributed by atoms with Gasteiger partial charge in [0.05, 0.1) is 43.2 Å². The van der Waals surface area contributed by atoms with E-state index in [4.69, 9.17) is 14.2 Å². The standard InChI is InChI=1S/C22H45NO6S/c1-19(2,15-28-16-20(3,4)17-30(10,25)26)14-23-18(24)13-22(7,8)29-12-11-21(5,6)27-9/h11-17H2,1-10H3,(H,23,24). The highest BCUT2D eigenvalue weighted by molar-refractivity contribution is 7.90. The minimum Gasteiger partial charge on any atom is -0.380 e. The number of sulfone groups is 1. The predicted octanol–water partition coefficient (Wildman–Crippen LogP) is 3.22. The molecule has 0 radical (unpaired) electrons. The maximum atomic E-state index is 12.4. The molecule has 1 N–H and O–H groups in total. The molecule has 7 nitrogen and oxygen atoms in total. The Kier molecular flexibility index (Phi) is 11.0. The number of hydrogen-bond donors (Lipinski definition) is 1. The first-order chi connectivity index (χ1) is 13.3. The number of nitrogens with one attached hydrogen (secondary N) is 1. The first-order valence-corrected chi connectivity index (χ1v) is 12.6. The van der Waals surface area contributed by atoms with Crippen LogP contribution in [0.15, 0.2) is 0 Å². The molecule has 0 aliphatic heterocycles. The van der Waals surface area contributed by atoms with Crippen molar-refractivity contribution < 1.29 is 27.4 Å². The van der Waals surface area contributed by atoms with Gasteiger partial charge in [-0.15, -0.1) is 0 Å². The summed E-state index contributed by atoms with van der Waals surface area (Å²) in [6.45, 7) is 17.3. The fourth-order valence-electron chi connectivity index (χ4n) is 2.92. The van der Waals surface area contributed by atoms with Crippen molar-refractivity contribution in [2.45, 2.75) is 79.4 Å². The molecule has 0 aromatic heterocycles. The third-order valence-electron chi connectivity index (χ3n) is 4.74. The molecule has 0 aliphatic rings. The van der Waals surface area contributed by atoms with Crippen LogP contribution in [0.25, 0.3) is 0 Å². The van der Waals surface area contributed by atoms with Gasteiger partial charge in [-0.1, -0.05) is 27.7 Å². The minimum atomic E-state index is -3.06. The van der Waals surface area contributed by atoms with Crippen LogP contribution in [0.4, 0.5) is 0 Å². The number of hydrogen-bond acceptors (Lipinski definition) is 6. The summed E-state index contributed by atoms with van der Waals surface area (Å²) >= 11 is 0. The first kappa shape index (κ1) is 29.3. The fraction of sp³-hybridized carbons (Fsp3) is 0.955. The average Bonchev–Trinajstić information content (AvgIpc) is 2.49. The average molecular weight is 452 g/mol. The maximum Gasteiger partial charge on any atom is 0.222 e. The second-order valence-corrected chi connectivity index (χ2v) is 13.3. The normalized spacial score (nSPS) is 14.1. The van der Waals surface area contributed by atoms with Crippen molar-refractivity contribution in [1.82, 2.24) is 5.32 Å². The molecule has 0 atom stereocenters. The maximum absolute atomic E-state index is 12.4. The lowest BCUT2D eigenvalue weighted by molar-refractivity contribution is -0.129. The van der Waals surface area contributed by atoms with E-state index in [0.717, 1.165) is 6.42 Å². The molecule has 0 aliphatic carbocycles. The molecule has 0 rings (SSSR count). The number of rotatable bonds is 15. The monoisotopic (exact) mass is 451 g/mol. The lowest BCUT2D eigenvalue weighted by Crippen LogP contribution is -2.41. The molecule has 0 spiro atoms. The molecule has 30 heavy (non-hydrogen) atoms. The smallest absolute Gasteiger partial charge is 0.222 e. The van der Waals surface area contributed by atoms with Gasteiger partial charge in [-0.25, -0.2) is 8.42 Å². The summed E-state index contributed by atoms with van der Waals surface area (Å²) in [5.74, 6) is 0.00449. The molecule has 0 aromatic carbocycles. The zero-order valence-corrected chi connectivity index (χ0v) is 21.6. The van der Waals surface area contributed by atoms with Crippen molar-refractivity contribution in [3.05, 3.63) is 0 Å². The molecular weight excluding hydrogens is 406 g/mol. The number of carbonyl (C=O) groups is 1. The van der Waals surface area contributed by atoms with E-state index in [9.17, 15) is 13.2 Å². The summed E-state index contributed by atoms with van der Waals surface area (Å²) in [5, 5.41) is 2.96. The Morgan fingerprint density at radius 1 is 0.900 bits per heavy atom. The van der Waals surface area contributed by atoms with Crippen LogP contribution < -0.4 is 5.32 Å². The zero-order chi connectivity index (χ0) is 23.9. The van der Waals surface area contributed by atoms with Gasteiger partial charge >= 0.3 is 0 Å². The molecule has 0 unspecified atom stereocenters.